The molecule has 1 aromatic heterocycles. The van der Waals surface area contributed by atoms with Gasteiger partial charge < -0.3 is 5.32 Å². The fourth-order valence-electron chi connectivity index (χ4n) is 2.51. The first kappa shape index (κ1) is 13.5. The fourth-order valence-corrected chi connectivity index (χ4v) is 2.51. The van der Waals surface area contributed by atoms with Crippen LogP contribution in [0.3, 0.4) is 0 Å². The van der Waals surface area contributed by atoms with Gasteiger partial charge in [-0.3, -0.25) is 19.6 Å². The van der Waals surface area contributed by atoms with Crippen LogP contribution in [-0.2, 0) is 11.3 Å². The fraction of sp³-hybridized carbons (Fsp3) is 0.667. The Bertz CT molecular complexity index is 495. The predicted octanol–water partition coefficient (Wildman–Crippen LogP) is 1.49. The van der Waals surface area contributed by atoms with Crippen LogP contribution in [0.15, 0.2) is 12.4 Å². The minimum atomic E-state index is -0.527. The molecule has 0 spiro atoms. The summed E-state index contributed by atoms with van der Waals surface area (Å²) < 4.78 is 1.29. The van der Waals surface area contributed by atoms with Crippen molar-refractivity contribution in [2.45, 2.75) is 45.7 Å². The summed E-state index contributed by atoms with van der Waals surface area (Å²) in [4.78, 5) is 21.8. The van der Waals surface area contributed by atoms with Gasteiger partial charge >= 0.3 is 5.69 Å². The average molecular weight is 266 g/mol. The number of nitrogens with zero attached hydrogens (tertiary/aromatic N) is 3. The Hall–Kier alpha value is -1.92. The lowest BCUT2D eigenvalue weighted by atomic mass is 9.92. The molecule has 0 aliphatic heterocycles. The van der Waals surface area contributed by atoms with Gasteiger partial charge in [-0.1, -0.05) is 13.8 Å². The highest BCUT2D eigenvalue weighted by Crippen LogP contribution is 2.36. The first-order chi connectivity index (χ1) is 8.85. The minimum Gasteiger partial charge on any atom is -0.352 e. The summed E-state index contributed by atoms with van der Waals surface area (Å²) in [6.07, 6.45) is 5.46. The Kier molecular flexibility index (Phi) is 3.55. The highest BCUT2D eigenvalue weighted by molar-refractivity contribution is 5.76. The van der Waals surface area contributed by atoms with Crippen LogP contribution in [0.5, 0.6) is 0 Å². The molecule has 0 aromatic carbocycles. The molecule has 1 fully saturated rings. The Balaban J connectivity index is 1.86. The van der Waals surface area contributed by atoms with Crippen molar-refractivity contribution in [3.05, 3.63) is 22.5 Å². The second-order valence-corrected chi connectivity index (χ2v) is 5.82. The summed E-state index contributed by atoms with van der Waals surface area (Å²) in [6, 6.07) is 0.202. The predicted molar refractivity (Wildman–Crippen MR) is 68.4 cm³/mol. The van der Waals surface area contributed by atoms with Crippen LogP contribution in [0, 0.1) is 15.5 Å². The maximum absolute atomic E-state index is 11.8. The van der Waals surface area contributed by atoms with Crippen molar-refractivity contribution < 1.29 is 9.72 Å². The molecule has 1 aliphatic carbocycles. The van der Waals surface area contributed by atoms with Crippen molar-refractivity contribution >= 4 is 11.6 Å². The van der Waals surface area contributed by atoms with Crippen molar-refractivity contribution in [1.82, 2.24) is 15.1 Å². The van der Waals surface area contributed by atoms with Gasteiger partial charge in [-0.2, -0.15) is 5.10 Å². The first-order valence-corrected chi connectivity index (χ1v) is 6.32. The number of amides is 1. The lowest BCUT2D eigenvalue weighted by Gasteiger charge is -2.17. The SMILES string of the molecule is CC1(C)CCC(NC(=O)Cn2cc([N+](=O)[O-])cn2)C1. The van der Waals surface area contributed by atoms with Crippen LogP contribution >= 0.6 is 0 Å². The molecule has 7 nitrogen and oxygen atoms in total. The Labute approximate surface area is 111 Å². The van der Waals surface area contributed by atoms with Gasteiger partial charge in [0.2, 0.25) is 5.91 Å². The number of rotatable bonds is 4. The van der Waals surface area contributed by atoms with Gasteiger partial charge in [0.15, 0.2) is 0 Å². The van der Waals surface area contributed by atoms with Gasteiger partial charge in [-0.25, -0.2) is 0 Å². The van der Waals surface area contributed by atoms with E-state index in [1.165, 1.54) is 10.9 Å². The topological polar surface area (TPSA) is 90.1 Å². The second-order valence-electron chi connectivity index (χ2n) is 5.82. The largest absolute Gasteiger partial charge is 0.352 e. The summed E-state index contributed by atoms with van der Waals surface area (Å²) in [7, 11) is 0. The van der Waals surface area contributed by atoms with E-state index in [4.69, 9.17) is 0 Å². The van der Waals surface area contributed by atoms with E-state index in [1.54, 1.807) is 0 Å². The van der Waals surface area contributed by atoms with E-state index in [2.05, 4.69) is 24.3 Å². The molecule has 1 heterocycles. The summed E-state index contributed by atoms with van der Waals surface area (Å²) in [6.45, 7) is 4.40. The third-order valence-corrected chi connectivity index (χ3v) is 3.47. The Morgan fingerprint density at radius 2 is 2.42 bits per heavy atom. The molecule has 1 unspecified atom stereocenters. The lowest BCUT2D eigenvalue weighted by molar-refractivity contribution is -0.385. The Morgan fingerprint density at radius 1 is 1.68 bits per heavy atom. The molecule has 0 saturated heterocycles. The van der Waals surface area contributed by atoms with Crippen molar-refractivity contribution in [2.24, 2.45) is 5.41 Å². The van der Waals surface area contributed by atoms with Gasteiger partial charge in [0.05, 0.1) is 4.92 Å². The van der Waals surface area contributed by atoms with Crippen molar-refractivity contribution in [3.63, 3.8) is 0 Å². The zero-order chi connectivity index (χ0) is 14.0. The lowest BCUT2D eigenvalue weighted by Crippen LogP contribution is -2.36. The zero-order valence-electron chi connectivity index (χ0n) is 11.1. The van der Waals surface area contributed by atoms with Crippen LogP contribution in [0.2, 0.25) is 0 Å². The van der Waals surface area contributed by atoms with E-state index >= 15 is 0 Å². The van der Waals surface area contributed by atoms with E-state index in [9.17, 15) is 14.9 Å². The number of carbonyl (C=O) groups excluding carboxylic acids is 1. The molecule has 1 N–H and O–H groups in total. The van der Waals surface area contributed by atoms with Gasteiger partial charge in [0.1, 0.15) is 18.9 Å². The van der Waals surface area contributed by atoms with E-state index in [0.29, 0.717) is 0 Å². The molecule has 0 bridgehead atoms. The van der Waals surface area contributed by atoms with E-state index in [0.717, 1.165) is 25.5 Å². The molecule has 1 amide bonds. The highest BCUT2D eigenvalue weighted by atomic mass is 16.6. The molecular formula is C12H18N4O3. The van der Waals surface area contributed by atoms with E-state index < -0.39 is 4.92 Å². The molecule has 1 aromatic rings. The molecule has 104 valence electrons. The number of nitrogens with one attached hydrogen (secondary N) is 1. The van der Waals surface area contributed by atoms with E-state index in [-0.39, 0.29) is 29.6 Å². The maximum atomic E-state index is 11.8. The van der Waals surface area contributed by atoms with Crippen LogP contribution < -0.4 is 5.32 Å². The highest BCUT2D eigenvalue weighted by Gasteiger charge is 2.31. The van der Waals surface area contributed by atoms with Gasteiger partial charge in [0, 0.05) is 6.04 Å². The summed E-state index contributed by atoms with van der Waals surface area (Å²) in [5.74, 6) is -0.152. The standard InChI is InChI=1S/C12H18N4O3/c1-12(2)4-3-9(5-12)14-11(17)8-15-7-10(6-13-15)16(18)19/h6-7,9H,3-5,8H2,1-2H3,(H,14,17). The third kappa shape index (κ3) is 3.52. The van der Waals surface area contributed by atoms with Crippen LogP contribution in [-0.4, -0.2) is 26.7 Å². The first-order valence-electron chi connectivity index (χ1n) is 6.32. The van der Waals surface area contributed by atoms with Crippen molar-refractivity contribution in [3.8, 4) is 0 Å². The number of nitro groups is 1. The van der Waals surface area contributed by atoms with Gasteiger partial charge in [0.25, 0.3) is 0 Å². The van der Waals surface area contributed by atoms with Crippen LogP contribution in [0.4, 0.5) is 5.69 Å². The normalized spacial score (nSPS) is 21.3. The molecular weight excluding hydrogens is 248 g/mol. The van der Waals surface area contributed by atoms with Gasteiger partial charge in [-0.05, 0) is 24.7 Å². The zero-order valence-corrected chi connectivity index (χ0v) is 11.1. The molecule has 0 radical (unpaired) electrons. The average Bonchev–Trinajstić information content (AvgIpc) is 2.85. The third-order valence-electron chi connectivity index (χ3n) is 3.47. The van der Waals surface area contributed by atoms with Crippen LogP contribution in [0.1, 0.15) is 33.1 Å². The molecule has 1 saturated carbocycles. The number of aromatic nitrogens is 2. The number of carbonyl (C=O) groups is 1. The van der Waals surface area contributed by atoms with E-state index in [1.807, 2.05) is 0 Å². The van der Waals surface area contributed by atoms with Crippen molar-refractivity contribution in [1.29, 1.82) is 0 Å². The smallest absolute Gasteiger partial charge is 0.307 e. The quantitative estimate of drug-likeness (QED) is 0.660. The monoisotopic (exact) mass is 266 g/mol. The Morgan fingerprint density at radius 3 is 2.95 bits per heavy atom. The number of hydrogen-bond acceptors (Lipinski definition) is 4. The second kappa shape index (κ2) is 4.99. The maximum Gasteiger partial charge on any atom is 0.307 e. The molecule has 19 heavy (non-hydrogen) atoms. The summed E-state index contributed by atoms with van der Waals surface area (Å²) >= 11 is 0. The molecule has 2 rings (SSSR count). The summed E-state index contributed by atoms with van der Waals surface area (Å²) in [5, 5.41) is 17.2. The van der Waals surface area contributed by atoms with Gasteiger partial charge in [-0.15, -0.1) is 0 Å². The molecule has 7 heteroatoms. The molecule has 1 aliphatic rings. The van der Waals surface area contributed by atoms with Crippen molar-refractivity contribution in [2.75, 3.05) is 0 Å². The van der Waals surface area contributed by atoms with Crippen LogP contribution in [0.25, 0.3) is 0 Å². The minimum absolute atomic E-state index is 0.0186. The summed E-state index contributed by atoms with van der Waals surface area (Å²) in [5.41, 5.74) is 0.178. The molecule has 1 atom stereocenters. The number of hydrogen-bond donors (Lipinski definition) is 1.